The number of nitrogens with one attached hydrogen (secondary N) is 1. The molecular formula is C24H30N4O3. The highest BCUT2D eigenvalue weighted by Gasteiger charge is 2.29. The quantitative estimate of drug-likeness (QED) is 0.656. The van der Waals surface area contributed by atoms with Crippen molar-refractivity contribution in [3.8, 4) is 11.5 Å². The third-order valence-corrected chi connectivity index (χ3v) is 6.10. The zero-order valence-electron chi connectivity index (χ0n) is 18.6. The van der Waals surface area contributed by atoms with E-state index in [0.717, 1.165) is 53.4 Å². The first-order chi connectivity index (χ1) is 15.0. The Hall–Kier alpha value is -3.22. The number of benzene rings is 2. The normalized spacial score (nSPS) is 17.4. The maximum absolute atomic E-state index is 13.1. The first-order valence-corrected chi connectivity index (χ1v) is 10.7. The van der Waals surface area contributed by atoms with Crippen LogP contribution in [0.4, 0.5) is 5.95 Å². The van der Waals surface area contributed by atoms with E-state index in [4.69, 9.17) is 14.5 Å². The van der Waals surface area contributed by atoms with Crippen LogP contribution in [0, 0.1) is 5.92 Å². The fourth-order valence-electron chi connectivity index (χ4n) is 4.38. The molecule has 1 aliphatic heterocycles. The lowest BCUT2D eigenvalue weighted by atomic mass is 9.96. The number of hydrogen-bond acceptors (Lipinski definition) is 5. The van der Waals surface area contributed by atoms with Crippen LogP contribution in [-0.2, 0) is 11.8 Å². The van der Waals surface area contributed by atoms with E-state index < -0.39 is 0 Å². The van der Waals surface area contributed by atoms with Crippen LogP contribution < -0.4 is 19.7 Å². The van der Waals surface area contributed by atoms with Gasteiger partial charge in [-0.25, -0.2) is 4.98 Å². The first kappa shape index (κ1) is 21.0. The Morgan fingerprint density at radius 3 is 2.74 bits per heavy atom. The summed E-state index contributed by atoms with van der Waals surface area (Å²) in [7, 11) is 5.30. The molecule has 1 aromatic heterocycles. The van der Waals surface area contributed by atoms with Gasteiger partial charge in [0.15, 0.2) is 0 Å². The minimum Gasteiger partial charge on any atom is -0.497 e. The second-order valence-corrected chi connectivity index (χ2v) is 8.08. The molecule has 1 N–H and O–H groups in total. The molecule has 7 nitrogen and oxygen atoms in total. The SMILES string of the molecule is COc1ccc(OC)c([C@@H](C)NC(=O)[C@H]2CCCN(c3nc4ccccc4n3C)C2)c1. The van der Waals surface area contributed by atoms with Gasteiger partial charge >= 0.3 is 0 Å². The van der Waals surface area contributed by atoms with Crippen LogP contribution in [0.2, 0.25) is 0 Å². The molecule has 0 unspecified atom stereocenters. The summed E-state index contributed by atoms with van der Waals surface area (Å²) in [5.41, 5.74) is 2.98. The maximum atomic E-state index is 13.1. The Morgan fingerprint density at radius 1 is 1.19 bits per heavy atom. The van der Waals surface area contributed by atoms with Gasteiger partial charge in [0.1, 0.15) is 11.5 Å². The molecule has 164 valence electrons. The molecule has 7 heteroatoms. The van der Waals surface area contributed by atoms with E-state index in [-0.39, 0.29) is 17.9 Å². The number of aryl methyl sites for hydroxylation is 1. The van der Waals surface area contributed by atoms with Gasteiger partial charge < -0.3 is 24.3 Å². The minimum absolute atomic E-state index is 0.0563. The smallest absolute Gasteiger partial charge is 0.225 e. The summed E-state index contributed by atoms with van der Waals surface area (Å²) in [6.07, 6.45) is 1.83. The maximum Gasteiger partial charge on any atom is 0.225 e. The van der Waals surface area contributed by atoms with Crippen molar-refractivity contribution in [2.45, 2.75) is 25.8 Å². The molecule has 0 aliphatic carbocycles. The number of nitrogens with zero attached hydrogens (tertiary/aromatic N) is 3. The fourth-order valence-corrected chi connectivity index (χ4v) is 4.38. The molecule has 0 radical (unpaired) electrons. The summed E-state index contributed by atoms with van der Waals surface area (Å²) in [6, 6.07) is 13.6. The molecule has 1 amide bonds. The molecule has 4 rings (SSSR count). The largest absolute Gasteiger partial charge is 0.497 e. The van der Waals surface area contributed by atoms with Crippen molar-refractivity contribution >= 4 is 22.9 Å². The summed E-state index contributed by atoms with van der Waals surface area (Å²) in [6.45, 7) is 3.53. The van der Waals surface area contributed by atoms with Gasteiger partial charge in [-0.2, -0.15) is 0 Å². The zero-order valence-corrected chi connectivity index (χ0v) is 18.6. The number of anilines is 1. The van der Waals surface area contributed by atoms with Crippen LogP contribution in [-0.4, -0.2) is 42.8 Å². The van der Waals surface area contributed by atoms with Crippen LogP contribution in [0.5, 0.6) is 11.5 Å². The predicted molar refractivity (Wildman–Crippen MR) is 122 cm³/mol. The van der Waals surface area contributed by atoms with Gasteiger partial charge in [0, 0.05) is 25.7 Å². The third-order valence-electron chi connectivity index (χ3n) is 6.10. The number of aromatic nitrogens is 2. The lowest BCUT2D eigenvalue weighted by molar-refractivity contribution is -0.125. The Balaban J connectivity index is 1.48. The number of methoxy groups -OCH3 is 2. The molecule has 2 aromatic carbocycles. The highest BCUT2D eigenvalue weighted by Crippen LogP contribution is 2.30. The van der Waals surface area contributed by atoms with Crippen molar-refractivity contribution in [3.05, 3.63) is 48.0 Å². The summed E-state index contributed by atoms with van der Waals surface area (Å²) in [5, 5.41) is 3.18. The second-order valence-electron chi connectivity index (χ2n) is 8.08. The molecule has 3 aromatic rings. The predicted octanol–water partition coefficient (Wildman–Crippen LogP) is 3.68. The van der Waals surface area contributed by atoms with Gasteiger partial charge in [0.2, 0.25) is 11.9 Å². The standard InChI is InChI=1S/C24H30N4O3/c1-16(19-14-18(30-3)11-12-22(19)31-4)25-23(29)17-8-7-13-28(15-17)24-26-20-9-5-6-10-21(20)27(24)2/h5-6,9-12,14,16-17H,7-8,13,15H2,1-4H3,(H,25,29)/t16-,17+/m1/s1. The molecule has 1 saturated heterocycles. The number of hydrogen-bond donors (Lipinski definition) is 1. The van der Waals surface area contributed by atoms with Crippen LogP contribution in [0.15, 0.2) is 42.5 Å². The number of amides is 1. The lowest BCUT2D eigenvalue weighted by Gasteiger charge is -2.33. The summed E-state index contributed by atoms with van der Waals surface area (Å²) >= 11 is 0. The van der Waals surface area contributed by atoms with E-state index in [1.165, 1.54) is 0 Å². The minimum atomic E-state index is -0.191. The van der Waals surface area contributed by atoms with Crippen LogP contribution >= 0.6 is 0 Å². The van der Waals surface area contributed by atoms with E-state index in [1.807, 2.05) is 50.4 Å². The van der Waals surface area contributed by atoms with Gasteiger partial charge in [-0.1, -0.05) is 12.1 Å². The number of carbonyl (C=O) groups excluding carboxylic acids is 1. The van der Waals surface area contributed by atoms with E-state index in [1.54, 1.807) is 14.2 Å². The van der Waals surface area contributed by atoms with Crippen LogP contribution in [0.1, 0.15) is 31.4 Å². The molecule has 2 atom stereocenters. The summed E-state index contributed by atoms with van der Waals surface area (Å²) < 4.78 is 12.9. The van der Waals surface area contributed by atoms with Crippen molar-refractivity contribution in [2.75, 3.05) is 32.2 Å². The fraction of sp³-hybridized carbons (Fsp3) is 0.417. The third kappa shape index (κ3) is 4.17. The van der Waals surface area contributed by atoms with Crippen molar-refractivity contribution in [3.63, 3.8) is 0 Å². The topological polar surface area (TPSA) is 68.6 Å². The summed E-state index contributed by atoms with van der Waals surface area (Å²) in [4.78, 5) is 20.2. The van der Waals surface area contributed by atoms with E-state index in [2.05, 4.69) is 20.9 Å². The average molecular weight is 423 g/mol. The van der Waals surface area contributed by atoms with Crippen LogP contribution in [0.25, 0.3) is 11.0 Å². The number of rotatable bonds is 6. The number of para-hydroxylation sites is 2. The van der Waals surface area contributed by atoms with Crippen LogP contribution in [0.3, 0.4) is 0 Å². The van der Waals surface area contributed by atoms with E-state index in [9.17, 15) is 4.79 Å². The van der Waals surface area contributed by atoms with Crippen molar-refractivity contribution in [2.24, 2.45) is 13.0 Å². The van der Waals surface area contributed by atoms with Gasteiger partial charge in [-0.05, 0) is 50.1 Å². The Labute approximate surface area is 183 Å². The molecule has 0 bridgehead atoms. The van der Waals surface area contributed by atoms with Crippen molar-refractivity contribution < 1.29 is 14.3 Å². The number of carbonyl (C=O) groups is 1. The van der Waals surface area contributed by atoms with Gasteiger partial charge in [-0.3, -0.25) is 4.79 Å². The Kier molecular flexibility index (Phi) is 6.02. The van der Waals surface area contributed by atoms with Gasteiger partial charge in [-0.15, -0.1) is 0 Å². The van der Waals surface area contributed by atoms with Crippen molar-refractivity contribution in [1.82, 2.24) is 14.9 Å². The molecule has 0 spiro atoms. The highest BCUT2D eigenvalue weighted by molar-refractivity contribution is 5.81. The number of ether oxygens (including phenoxy) is 2. The van der Waals surface area contributed by atoms with Crippen molar-refractivity contribution in [1.29, 1.82) is 0 Å². The lowest BCUT2D eigenvalue weighted by Crippen LogP contribution is -2.44. The Bertz CT molecular complexity index is 1080. The number of imidazole rings is 1. The molecule has 1 aliphatic rings. The number of fused-ring (bicyclic) bond motifs is 1. The second kappa shape index (κ2) is 8.88. The van der Waals surface area contributed by atoms with Gasteiger partial charge in [0.05, 0.1) is 37.2 Å². The molecule has 1 fully saturated rings. The molecule has 31 heavy (non-hydrogen) atoms. The van der Waals surface area contributed by atoms with Gasteiger partial charge in [0.25, 0.3) is 0 Å². The van der Waals surface area contributed by atoms with E-state index in [0.29, 0.717) is 6.54 Å². The zero-order chi connectivity index (χ0) is 22.0. The highest BCUT2D eigenvalue weighted by atomic mass is 16.5. The molecule has 2 heterocycles. The van der Waals surface area contributed by atoms with E-state index >= 15 is 0 Å². The first-order valence-electron chi connectivity index (χ1n) is 10.7. The molecule has 0 saturated carbocycles. The molecular weight excluding hydrogens is 392 g/mol. The Morgan fingerprint density at radius 2 is 2.00 bits per heavy atom. The number of piperidine rings is 1. The average Bonchev–Trinajstić information content (AvgIpc) is 3.15. The monoisotopic (exact) mass is 422 g/mol. The summed E-state index contributed by atoms with van der Waals surface area (Å²) in [5.74, 6) is 2.36.